The third-order valence-corrected chi connectivity index (χ3v) is 14.2. The second kappa shape index (κ2) is 20.9. The van der Waals surface area contributed by atoms with Gasteiger partial charge in [-0.05, 0) is 62.8 Å². The van der Waals surface area contributed by atoms with Crippen LogP contribution in [0.4, 0.5) is 0 Å². The molecule has 4 saturated heterocycles. The van der Waals surface area contributed by atoms with Crippen molar-refractivity contribution in [3.63, 3.8) is 0 Å². The van der Waals surface area contributed by atoms with Crippen LogP contribution >= 0.6 is 0 Å². The fourth-order valence-corrected chi connectivity index (χ4v) is 10.4. The summed E-state index contributed by atoms with van der Waals surface area (Å²) in [5, 5.41) is 21.8. The van der Waals surface area contributed by atoms with Crippen LogP contribution in [0.3, 0.4) is 0 Å². The summed E-state index contributed by atoms with van der Waals surface area (Å²) >= 11 is 0. The van der Waals surface area contributed by atoms with Crippen molar-refractivity contribution in [1.82, 2.24) is 0 Å². The van der Waals surface area contributed by atoms with Crippen molar-refractivity contribution in [3.8, 4) is 0 Å². The van der Waals surface area contributed by atoms with Crippen molar-refractivity contribution in [2.75, 3.05) is 27.4 Å². The third-order valence-electron chi connectivity index (χ3n) is 14.2. The molecule has 6 aliphatic rings. The maximum atomic E-state index is 14.3. The van der Waals surface area contributed by atoms with Crippen LogP contribution < -0.4 is 0 Å². The molecular weight excluding hydrogens is 797 g/mol. The first-order valence-electron chi connectivity index (χ1n) is 23.0. The standard InChI is InChI=1S/C49H76O13/c1-13-15-28(4)44(60-40-24-38(54-12)45(33(9)58-40)61-39-23-37(53-11)42(51)32(8)57-39)29(5)16-14-17-34-26-55-46-41(50)31(7)22-36(48(34,46)10)47(52)59-35-19-21-56-49(25-35)20-18-30(6)43(62-49)27(2)3/h14-18,20,22,27,29-30,32-33,35-46,50-51H,13,19,21,23-26H2,1-12H3/b16-14+,28-15+,34-17+/t29-,30-,32-,33-,35-,36?,37-,38-,39?,40?,41+,42+,43?,44+,45-,46-,48+,49+/m0/s1. The van der Waals surface area contributed by atoms with Gasteiger partial charge < -0.3 is 57.6 Å². The van der Waals surface area contributed by atoms with Crippen LogP contribution in [0.2, 0.25) is 0 Å². The molecule has 1 aliphatic carbocycles. The van der Waals surface area contributed by atoms with E-state index in [1.54, 1.807) is 14.2 Å². The highest BCUT2D eigenvalue weighted by Gasteiger charge is 2.57. The topological polar surface area (TPSA) is 150 Å². The van der Waals surface area contributed by atoms with Crippen LogP contribution in [0, 0.1) is 29.1 Å². The molecule has 6 rings (SSSR count). The molecule has 0 aromatic heterocycles. The molecule has 62 heavy (non-hydrogen) atoms. The largest absolute Gasteiger partial charge is 0.462 e. The van der Waals surface area contributed by atoms with Crippen molar-refractivity contribution in [2.24, 2.45) is 29.1 Å². The van der Waals surface area contributed by atoms with E-state index in [-0.39, 0.29) is 48.8 Å². The highest BCUT2D eigenvalue weighted by molar-refractivity contribution is 5.77. The van der Waals surface area contributed by atoms with Crippen molar-refractivity contribution in [3.05, 3.63) is 59.3 Å². The van der Waals surface area contributed by atoms with Gasteiger partial charge in [-0.25, -0.2) is 0 Å². The summed E-state index contributed by atoms with van der Waals surface area (Å²) in [5.74, 6) is -1.44. The van der Waals surface area contributed by atoms with Gasteiger partial charge >= 0.3 is 5.97 Å². The molecule has 0 saturated carbocycles. The summed E-state index contributed by atoms with van der Waals surface area (Å²) < 4.78 is 62.5. The number of esters is 1. The van der Waals surface area contributed by atoms with Gasteiger partial charge in [0, 0.05) is 57.2 Å². The van der Waals surface area contributed by atoms with Crippen LogP contribution in [0.15, 0.2) is 59.3 Å². The Morgan fingerprint density at radius 1 is 1.03 bits per heavy atom. The minimum Gasteiger partial charge on any atom is -0.462 e. The highest BCUT2D eigenvalue weighted by Crippen LogP contribution is 2.52. The van der Waals surface area contributed by atoms with Crippen molar-refractivity contribution >= 4 is 5.97 Å². The lowest BCUT2D eigenvalue weighted by Gasteiger charge is -2.46. The maximum Gasteiger partial charge on any atom is 0.314 e. The number of carbonyl (C=O) groups excluding carboxylic acids is 1. The summed E-state index contributed by atoms with van der Waals surface area (Å²) in [5.41, 5.74) is 1.84. The first-order valence-corrected chi connectivity index (χ1v) is 23.0. The Kier molecular flexibility index (Phi) is 16.6. The van der Waals surface area contributed by atoms with Crippen molar-refractivity contribution in [1.29, 1.82) is 0 Å². The van der Waals surface area contributed by atoms with Gasteiger partial charge in [0.1, 0.15) is 24.4 Å². The lowest BCUT2D eigenvalue weighted by atomic mass is 9.63. The number of aliphatic hydroxyl groups is 2. The molecule has 350 valence electrons. The van der Waals surface area contributed by atoms with Gasteiger partial charge in [0.25, 0.3) is 0 Å². The fourth-order valence-electron chi connectivity index (χ4n) is 10.4. The Morgan fingerprint density at radius 3 is 2.44 bits per heavy atom. The molecule has 5 aliphatic heterocycles. The highest BCUT2D eigenvalue weighted by atomic mass is 16.7. The lowest BCUT2D eigenvalue weighted by molar-refractivity contribution is -0.318. The summed E-state index contributed by atoms with van der Waals surface area (Å²) in [6, 6.07) is 0. The van der Waals surface area contributed by atoms with Gasteiger partial charge in [-0.2, -0.15) is 0 Å². The van der Waals surface area contributed by atoms with Crippen molar-refractivity contribution < 1.29 is 62.4 Å². The summed E-state index contributed by atoms with van der Waals surface area (Å²) in [7, 11) is 3.24. The molecule has 4 fully saturated rings. The number of aliphatic hydroxyl groups excluding tert-OH is 2. The molecule has 5 heterocycles. The Morgan fingerprint density at radius 2 is 1.74 bits per heavy atom. The zero-order chi connectivity index (χ0) is 45.1. The van der Waals surface area contributed by atoms with Gasteiger partial charge in [0.2, 0.25) is 0 Å². The van der Waals surface area contributed by atoms with E-state index >= 15 is 0 Å². The van der Waals surface area contributed by atoms with Crippen molar-refractivity contribution in [2.45, 2.75) is 187 Å². The first-order chi connectivity index (χ1) is 29.4. The van der Waals surface area contributed by atoms with E-state index in [4.69, 9.17) is 47.4 Å². The average Bonchev–Trinajstić information content (AvgIpc) is 3.57. The van der Waals surface area contributed by atoms with Crippen LogP contribution in [0.25, 0.3) is 0 Å². The molecule has 18 atom stereocenters. The van der Waals surface area contributed by atoms with E-state index in [0.717, 1.165) is 17.6 Å². The Bertz CT molecular complexity index is 1670. The van der Waals surface area contributed by atoms with E-state index in [1.807, 2.05) is 52.0 Å². The molecule has 0 aromatic carbocycles. The van der Waals surface area contributed by atoms with E-state index in [2.05, 4.69) is 59.8 Å². The van der Waals surface area contributed by atoms with E-state index in [9.17, 15) is 15.0 Å². The smallest absolute Gasteiger partial charge is 0.314 e. The number of carbonyl (C=O) groups is 1. The van der Waals surface area contributed by atoms with E-state index in [1.165, 1.54) is 0 Å². The van der Waals surface area contributed by atoms with Crippen LogP contribution in [0.1, 0.15) is 101 Å². The molecule has 0 radical (unpaired) electrons. The second-order valence-electron chi connectivity index (χ2n) is 19.1. The summed E-state index contributed by atoms with van der Waals surface area (Å²) in [6.45, 7) is 21.0. The van der Waals surface area contributed by atoms with Gasteiger partial charge in [0.15, 0.2) is 18.4 Å². The van der Waals surface area contributed by atoms with Gasteiger partial charge in [-0.15, -0.1) is 0 Å². The first kappa shape index (κ1) is 49.2. The number of hydrogen-bond acceptors (Lipinski definition) is 13. The number of allylic oxidation sites excluding steroid dienone is 3. The fraction of sp³-hybridized carbons (Fsp3) is 0.776. The number of fused-ring (bicyclic) bond motifs is 1. The van der Waals surface area contributed by atoms with E-state index < -0.39 is 72.4 Å². The molecule has 2 N–H and O–H groups in total. The zero-order valence-electron chi connectivity index (χ0n) is 39.2. The van der Waals surface area contributed by atoms with Gasteiger partial charge in [-0.3, -0.25) is 4.79 Å². The van der Waals surface area contributed by atoms with Crippen LogP contribution in [0.5, 0.6) is 0 Å². The normalized spacial score (nSPS) is 43.2. The monoisotopic (exact) mass is 873 g/mol. The zero-order valence-corrected chi connectivity index (χ0v) is 39.2. The number of methoxy groups -OCH3 is 2. The lowest BCUT2D eigenvalue weighted by Crippen LogP contribution is -2.55. The maximum absolute atomic E-state index is 14.3. The average molecular weight is 873 g/mol. The van der Waals surface area contributed by atoms with Crippen LogP contribution in [-0.2, 0) is 52.2 Å². The predicted octanol–water partition coefficient (Wildman–Crippen LogP) is 6.90. The Hall–Kier alpha value is -2.27. The molecular formula is C49H76O13. The molecule has 13 nitrogen and oxygen atoms in total. The minimum atomic E-state index is -0.922. The molecule has 4 unspecified atom stereocenters. The summed E-state index contributed by atoms with van der Waals surface area (Å²) in [6.07, 6.45) is 11.0. The molecule has 0 bridgehead atoms. The quantitative estimate of drug-likeness (QED) is 0.138. The number of ether oxygens (including phenoxy) is 10. The van der Waals surface area contributed by atoms with Crippen LogP contribution in [-0.4, -0.2) is 129 Å². The molecule has 0 aromatic rings. The third kappa shape index (κ3) is 10.5. The number of rotatable bonds is 14. The summed E-state index contributed by atoms with van der Waals surface area (Å²) in [4.78, 5) is 14.3. The molecule has 0 amide bonds. The molecule has 13 heteroatoms. The number of hydrogen-bond donors (Lipinski definition) is 2. The Balaban J connectivity index is 1.14. The molecule has 1 spiro atoms. The second-order valence-corrected chi connectivity index (χ2v) is 19.1. The Labute approximate surface area is 370 Å². The minimum absolute atomic E-state index is 0.00124. The van der Waals surface area contributed by atoms with Gasteiger partial charge in [0.05, 0.1) is 61.9 Å². The predicted molar refractivity (Wildman–Crippen MR) is 233 cm³/mol. The SMILES string of the molecule is CC/C=C(\C)[C@@H](OC1C[C@H](OC)[C@@H](OC2C[C@H](OC)[C@H](O)[C@H](C)O2)[C@H](C)O1)[C@@H](C)/C=C/C=C1\CO[C@H]2[C@H](O)C(C)=CC(C(=O)O[C@H]3CCO[C@@]4(C=C[C@H](C)C(C(C)C)O4)C3)[C@@]12C. The van der Waals surface area contributed by atoms with E-state index in [0.29, 0.717) is 43.8 Å². The van der Waals surface area contributed by atoms with Gasteiger partial charge in [-0.1, -0.05) is 78.0 Å².